The molecule has 0 spiro atoms. The van der Waals surface area contributed by atoms with Crippen LogP contribution in [0.15, 0.2) is 128 Å². The summed E-state index contributed by atoms with van der Waals surface area (Å²) in [4.78, 5) is 0. The molecule has 1 aliphatic rings. The van der Waals surface area contributed by atoms with E-state index in [9.17, 15) is 0 Å². The van der Waals surface area contributed by atoms with Gasteiger partial charge in [-0.2, -0.15) is 5.10 Å². The standard InChI is InChI=1S/C17H12N2.C16H18N2/c1-2-7-14(8-3-1)19-17-11-10-13-6-4-5-9-15(13)16(17)12-18-19;1-5-7-11-10(2)15(18)14-12(16(11,3)4)8-6-9-13(14)17/h1-12H;5-9,18H,1-2,17H2,3-4H3/b;11-7+,18-15?. The van der Waals surface area contributed by atoms with Crippen LogP contribution in [0.4, 0.5) is 5.69 Å². The van der Waals surface area contributed by atoms with Gasteiger partial charge in [-0.05, 0) is 51.7 Å². The van der Waals surface area contributed by atoms with Gasteiger partial charge in [0.15, 0.2) is 0 Å². The first-order valence-electron chi connectivity index (χ1n) is 12.3. The number of fused-ring (bicyclic) bond motifs is 4. The summed E-state index contributed by atoms with van der Waals surface area (Å²) in [6, 6.07) is 28.7. The fraction of sp³-hybridized carbons (Fsp3) is 0.0909. The summed E-state index contributed by atoms with van der Waals surface area (Å²) >= 11 is 0. The molecule has 0 aliphatic heterocycles. The maximum absolute atomic E-state index is 8.25. The van der Waals surface area contributed by atoms with E-state index in [1.165, 1.54) is 16.2 Å². The van der Waals surface area contributed by atoms with Crippen molar-refractivity contribution in [1.82, 2.24) is 9.78 Å². The molecule has 1 aromatic heterocycles. The van der Waals surface area contributed by atoms with Gasteiger partial charge in [0.25, 0.3) is 0 Å². The zero-order chi connectivity index (χ0) is 26.2. The lowest BCUT2D eigenvalue weighted by Gasteiger charge is -2.37. The fourth-order valence-corrected chi connectivity index (χ4v) is 5.16. The van der Waals surface area contributed by atoms with E-state index < -0.39 is 0 Å². The Morgan fingerprint density at radius 1 is 0.892 bits per heavy atom. The molecule has 0 saturated heterocycles. The molecule has 3 N–H and O–H groups in total. The number of anilines is 1. The Bertz CT molecular complexity index is 1700. The molecular weight excluding hydrogens is 452 g/mol. The van der Waals surface area contributed by atoms with Crippen LogP contribution in [-0.4, -0.2) is 15.5 Å². The lowest BCUT2D eigenvalue weighted by molar-refractivity contribution is 0.628. The molecule has 5 aromatic rings. The van der Waals surface area contributed by atoms with E-state index >= 15 is 0 Å². The number of rotatable bonds is 2. The molecule has 1 heterocycles. The van der Waals surface area contributed by atoms with Crippen LogP contribution in [-0.2, 0) is 5.41 Å². The second-order valence-electron chi connectivity index (χ2n) is 9.68. The van der Waals surface area contributed by atoms with Crippen molar-refractivity contribution in [3.8, 4) is 5.69 Å². The average Bonchev–Trinajstić information content (AvgIpc) is 3.36. The molecule has 4 aromatic carbocycles. The highest BCUT2D eigenvalue weighted by molar-refractivity contribution is 6.19. The van der Waals surface area contributed by atoms with Gasteiger partial charge in [0.2, 0.25) is 0 Å². The van der Waals surface area contributed by atoms with Crippen molar-refractivity contribution in [3.63, 3.8) is 0 Å². The van der Waals surface area contributed by atoms with Gasteiger partial charge in [-0.15, -0.1) is 0 Å². The maximum Gasteiger partial charge on any atom is 0.0747 e. The zero-order valence-electron chi connectivity index (χ0n) is 21.2. The smallest absolute Gasteiger partial charge is 0.0747 e. The van der Waals surface area contributed by atoms with E-state index in [1.54, 1.807) is 6.08 Å². The number of nitrogen functional groups attached to an aromatic ring is 1. The van der Waals surface area contributed by atoms with E-state index in [1.807, 2.05) is 53.4 Å². The molecule has 1 aliphatic carbocycles. The summed E-state index contributed by atoms with van der Waals surface area (Å²) in [5.74, 6) is 0. The quantitative estimate of drug-likeness (QED) is 0.252. The molecule has 0 atom stereocenters. The average molecular weight is 483 g/mol. The molecule has 0 bridgehead atoms. The Balaban J connectivity index is 0.000000152. The molecule has 0 radical (unpaired) electrons. The SMILES string of the molecule is C=C/C=C1\C(=C)C(=N)c2c(N)cccc2C1(C)C.c1ccc(-n2ncc3c4ccccc4ccc32)cc1. The summed E-state index contributed by atoms with van der Waals surface area (Å²) in [5.41, 5.74) is 12.7. The van der Waals surface area contributed by atoms with Gasteiger partial charge in [-0.25, -0.2) is 4.68 Å². The first-order chi connectivity index (χ1) is 17.8. The van der Waals surface area contributed by atoms with Gasteiger partial charge in [-0.1, -0.05) is 99.8 Å². The third-order valence-electron chi connectivity index (χ3n) is 7.08. The summed E-state index contributed by atoms with van der Waals surface area (Å²) in [6.45, 7) is 12.0. The molecular formula is C33H30N4. The Hall–Kier alpha value is -4.70. The van der Waals surface area contributed by atoms with Crippen LogP contribution in [0.25, 0.3) is 27.4 Å². The predicted molar refractivity (Wildman–Crippen MR) is 157 cm³/mol. The molecule has 182 valence electrons. The molecule has 0 fully saturated rings. The van der Waals surface area contributed by atoms with Gasteiger partial charge in [0.05, 0.1) is 23.1 Å². The van der Waals surface area contributed by atoms with Gasteiger partial charge < -0.3 is 5.73 Å². The summed E-state index contributed by atoms with van der Waals surface area (Å²) in [5, 5.41) is 16.5. The van der Waals surface area contributed by atoms with Crippen molar-refractivity contribution < 1.29 is 0 Å². The van der Waals surface area contributed by atoms with Gasteiger partial charge in [0.1, 0.15) is 0 Å². The van der Waals surface area contributed by atoms with E-state index in [4.69, 9.17) is 11.1 Å². The normalized spacial score (nSPS) is 15.4. The number of nitrogens with two attached hydrogens (primary N) is 1. The molecule has 0 unspecified atom stereocenters. The highest BCUT2D eigenvalue weighted by atomic mass is 15.3. The monoisotopic (exact) mass is 482 g/mol. The van der Waals surface area contributed by atoms with Crippen LogP contribution in [0.5, 0.6) is 0 Å². The van der Waals surface area contributed by atoms with Crippen molar-refractivity contribution >= 4 is 33.1 Å². The van der Waals surface area contributed by atoms with E-state index in [0.717, 1.165) is 33.5 Å². The van der Waals surface area contributed by atoms with Crippen molar-refractivity contribution in [3.05, 3.63) is 139 Å². The molecule has 4 heteroatoms. The van der Waals surface area contributed by atoms with Gasteiger partial charge in [-0.3, -0.25) is 5.41 Å². The Kier molecular flexibility index (Phi) is 6.10. The lowest BCUT2D eigenvalue weighted by Crippen LogP contribution is -2.32. The van der Waals surface area contributed by atoms with Crippen molar-refractivity contribution in [1.29, 1.82) is 5.41 Å². The first-order valence-corrected chi connectivity index (χ1v) is 12.3. The molecule has 4 nitrogen and oxygen atoms in total. The summed E-state index contributed by atoms with van der Waals surface area (Å²) < 4.78 is 1.99. The summed E-state index contributed by atoms with van der Waals surface area (Å²) in [7, 11) is 0. The maximum atomic E-state index is 8.25. The molecule has 0 amide bonds. The fourth-order valence-electron chi connectivity index (χ4n) is 5.16. The molecule has 37 heavy (non-hydrogen) atoms. The van der Waals surface area contributed by atoms with Crippen LogP contribution >= 0.6 is 0 Å². The Morgan fingerprint density at radius 3 is 2.38 bits per heavy atom. The van der Waals surface area contributed by atoms with E-state index in [0.29, 0.717) is 11.4 Å². The highest BCUT2D eigenvalue weighted by Gasteiger charge is 2.37. The lowest BCUT2D eigenvalue weighted by atomic mass is 9.66. The van der Waals surface area contributed by atoms with Crippen LogP contribution in [0.2, 0.25) is 0 Å². The van der Waals surface area contributed by atoms with Crippen LogP contribution in [0.1, 0.15) is 25.0 Å². The number of benzene rings is 4. The summed E-state index contributed by atoms with van der Waals surface area (Å²) in [6.07, 6.45) is 5.63. The third-order valence-corrected chi connectivity index (χ3v) is 7.08. The largest absolute Gasteiger partial charge is 0.398 e. The number of hydrogen-bond donors (Lipinski definition) is 2. The predicted octanol–water partition coefficient (Wildman–Crippen LogP) is 7.78. The Labute approximate surface area is 217 Å². The van der Waals surface area contributed by atoms with Crippen molar-refractivity contribution in [2.75, 3.05) is 5.73 Å². The van der Waals surface area contributed by atoms with Crippen LogP contribution in [0, 0.1) is 5.41 Å². The second-order valence-corrected chi connectivity index (χ2v) is 9.68. The second kappa shape index (κ2) is 9.40. The third kappa shape index (κ3) is 4.07. The van der Waals surface area contributed by atoms with E-state index in [2.05, 4.69) is 80.6 Å². The minimum atomic E-state index is -0.208. The number of para-hydroxylation sites is 1. The van der Waals surface area contributed by atoms with Crippen molar-refractivity contribution in [2.45, 2.75) is 19.3 Å². The highest BCUT2D eigenvalue weighted by Crippen LogP contribution is 2.44. The van der Waals surface area contributed by atoms with Crippen LogP contribution < -0.4 is 5.73 Å². The molecule has 6 rings (SSSR count). The Morgan fingerprint density at radius 2 is 1.62 bits per heavy atom. The van der Waals surface area contributed by atoms with Gasteiger partial charge in [0, 0.05) is 22.1 Å². The minimum Gasteiger partial charge on any atom is -0.398 e. The van der Waals surface area contributed by atoms with E-state index in [-0.39, 0.29) is 5.41 Å². The number of aromatic nitrogens is 2. The minimum absolute atomic E-state index is 0.208. The van der Waals surface area contributed by atoms with Gasteiger partial charge >= 0.3 is 0 Å². The van der Waals surface area contributed by atoms with Crippen molar-refractivity contribution in [2.24, 2.45) is 0 Å². The topological polar surface area (TPSA) is 67.7 Å². The zero-order valence-corrected chi connectivity index (χ0v) is 21.2. The number of hydrogen-bond acceptors (Lipinski definition) is 3. The number of nitrogens with zero attached hydrogens (tertiary/aromatic N) is 2. The number of allylic oxidation sites excluding steroid dienone is 4. The number of nitrogens with one attached hydrogen (secondary N) is 1. The first kappa shape index (κ1) is 24.0. The van der Waals surface area contributed by atoms with Crippen LogP contribution in [0.3, 0.4) is 0 Å². The molecule has 0 saturated carbocycles.